The van der Waals surface area contributed by atoms with Gasteiger partial charge in [-0.2, -0.15) is 10.2 Å². The fraction of sp³-hybridized carbons (Fsp3) is 0.469. The van der Waals surface area contributed by atoms with Crippen molar-refractivity contribution < 1.29 is 32.9 Å². The standard InChI is InChI=1S/C32H36F2N8O5/c1-20(43)30(44)42-8-7-28(32(33,34)18-42)47-26-6-3-21(13-22(26)15-35)29-36-19-37-31(39-29)38-23-4-5-25(27(14-23)45-2)41-11-9-40(10-12-41)24-16-46-17-24/h3-6,13-14,19-20,24,28,43H,7-12,16-18H2,1-2H3,(H,36,37,38,39). The summed E-state index contributed by atoms with van der Waals surface area (Å²) in [5.74, 6) is -2.93. The van der Waals surface area contributed by atoms with Crippen molar-refractivity contribution in [1.82, 2.24) is 24.8 Å². The van der Waals surface area contributed by atoms with Crippen molar-refractivity contribution in [1.29, 1.82) is 5.26 Å². The summed E-state index contributed by atoms with van der Waals surface area (Å²) in [4.78, 5) is 30.7. The van der Waals surface area contributed by atoms with Gasteiger partial charge in [0.1, 0.15) is 30.0 Å². The summed E-state index contributed by atoms with van der Waals surface area (Å²) in [6.45, 7) is 5.65. The first-order valence-electron chi connectivity index (χ1n) is 15.4. The van der Waals surface area contributed by atoms with E-state index in [1.54, 1.807) is 13.2 Å². The Bertz CT molecular complexity index is 1640. The fourth-order valence-corrected chi connectivity index (χ4v) is 5.93. The van der Waals surface area contributed by atoms with E-state index >= 15 is 0 Å². The van der Waals surface area contributed by atoms with Gasteiger partial charge in [0, 0.05) is 56.5 Å². The highest BCUT2D eigenvalue weighted by Crippen LogP contribution is 2.35. The number of hydrogen-bond acceptors (Lipinski definition) is 12. The number of alkyl halides is 2. The number of ether oxygens (including phenoxy) is 3. The Morgan fingerprint density at radius 1 is 1.13 bits per heavy atom. The van der Waals surface area contributed by atoms with Gasteiger partial charge in [0.15, 0.2) is 11.9 Å². The number of nitrogens with one attached hydrogen (secondary N) is 1. The van der Waals surface area contributed by atoms with Gasteiger partial charge < -0.3 is 34.4 Å². The Morgan fingerprint density at radius 2 is 1.91 bits per heavy atom. The number of nitriles is 1. The van der Waals surface area contributed by atoms with Gasteiger partial charge >= 0.3 is 5.92 Å². The molecule has 13 nitrogen and oxygen atoms in total. The molecule has 2 aromatic carbocycles. The molecule has 2 N–H and O–H groups in total. The predicted octanol–water partition coefficient (Wildman–Crippen LogP) is 2.68. The first-order valence-corrected chi connectivity index (χ1v) is 15.4. The SMILES string of the molecule is COc1cc(Nc2ncnc(-c3ccc(OC4CCN(C(=O)C(C)O)CC4(F)F)c(C#N)c3)n2)ccc1N1CCN(C2COC2)CC1. The fourth-order valence-electron chi connectivity index (χ4n) is 5.93. The molecule has 1 aromatic heterocycles. The Labute approximate surface area is 270 Å². The molecular formula is C32H36F2N8O5. The quantitative estimate of drug-likeness (QED) is 0.351. The molecule has 2 unspecified atom stereocenters. The second-order valence-corrected chi connectivity index (χ2v) is 11.8. The zero-order chi connectivity index (χ0) is 33.1. The molecule has 0 saturated carbocycles. The molecule has 0 spiro atoms. The van der Waals surface area contributed by atoms with Crippen LogP contribution in [0.3, 0.4) is 0 Å². The van der Waals surface area contributed by atoms with E-state index in [4.69, 9.17) is 14.2 Å². The lowest BCUT2D eigenvalue weighted by molar-refractivity contribution is -0.165. The van der Waals surface area contributed by atoms with Crippen molar-refractivity contribution >= 4 is 23.2 Å². The van der Waals surface area contributed by atoms with E-state index in [0.717, 1.165) is 50.0 Å². The summed E-state index contributed by atoms with van der Waals surface area (Å²) in [6, 6.07) is 12.8. The number of methoxy groups -OCH3 is 1. The number of benzene rings is 2. The number of hydrogen-bond donors (Lipinski definition) is 2. The molecule has 3 aromatic rings. The minimum absolute atomic E-state index is 0.00718. The van der Waals surface area contributed by atoms with E-state index in [9.17, 15) is 23.9 Å². The van der Waals surface area contributed by atoms with Crippen LogP contribution in [0.2, 0.25) is 0 Å². The highest BCUT2D eigenvalue weighted by atomic mass is 19.3. The molecule has 15 heteroatoms. The van der Waals surface area contributed by atoms with Crippen LogP contribution in [0.15, 0.2) is 42.7 Å². The van der Waals surface area contributed by atoms with Crippen LogP contribution in [-0.4, -0.2) is 120 Å². The molecule has 3 fully saturated rings. The van der Waals surface area contributed by atoms with Crippen molar-refractivity contribution in [3.05, 3.63) is 48.3 Å². The maximum atomic E-state index is 14.9. The first kappa shape index (κ1) is 32.3. The minimum Gasteiger partial charge on any atom is -0.495 e. The number of halogens is 2. The summed E-state index contributed by atoms with van der Waals surface area (Å²) < 4.78 is 46.5. The smallest absolute Gasteiger partial charge is 0.301 e. The molecule has 0 radical (unpaired) electrons. The van der Waals surface area contributed by atoms with Crippen LogP contribution >= 0.6 is 0 Å². The monoisotopic (exact) mass is 650 g/mol. The van der Waals surface area contributed by atoms with Crippen molar-refractivity contribution in [2.24, 2.45) is 0 Å². The molecule has 1 amide bonds. The molecule has 0 bridgehead atoms. The highest BCUT2D eigenvalue weighted by molar-refractivity contribution is 5.80. The van der Waals surface area contributed by atoms with Gasteiger partial charge in [0.2, 0.25) is 5.95 Å². The minimum atomic E-state index is -3.38. The van der Waals surface area contributed by atoms with Crippen molar-refractivity contribution in [3.8, 4) is 29.0 Å². The van der Waals surface area contributed by atoms with E-state index in [-0.39, 0.29) is 36.1 Å². The van der Waals surface area contributed by atoms with Crippen LogP contribution in [0.5, 0.6) is 11.5 Å². The normalized spacial score (nSPS) is 20.6. The molecule has 47 heavy (non-hydrogen) atoms. The molecule has 0 aliphatic carbocycles. The molecule has 248 valence electrons. The molecule has 2 atom stereocenters. The van der Waals surface area contributed by atoms with E-state index in [0.29, 0.717) is 23.0 Å². The number of likely N-dealkylation sites (tertiary alicyclic amines) is 1. The molecule has 3 aliphatic rings. The number of rotatable bonds is 9. The second-order valence-electron chi connectivity index (χ2n) is 11.8. The average Bonchev–Trinajstić information content (AvgIpc) is 3.05. The van der Waals surface area contributed by atoms with Gasteiger partial charge in [-0.1, -0.05) is 0 Å². The number of nitrogens with zero attached hydrogens (tertiary/aromatic N) is 7. The third kappa shape index (κ3) is 7.04. The van der Waals surface area contributed by atoms with Crippen LogP contribution in [0.25, 0.3) is 11.4 Å². The number of piperazine rings is 1. The van der Waals surface area contributed by atoms with Crippen LogP contribution in [0.1, 0.15) is 18.9 Å². The number of amides is 1. The lowest BCUT2D eigenvalue weighted by Crippen LogP contribution is -2.56. The number of piperidine rings is 1. The Kier molecular flexibility index (Phi) is 9.35. The number of anilines is 3. The second kappa shape index (κ2) is 13.6. The van der Waals surface area contributed by atoms with Gasteiger partial charge in [-0.3, -0.25) is 9.69 Å². The molecule has 6 rings (SSSR count). The van der Waals surface area contributed by atoms with Gasteiger partial charge in [-0.05, 0) is 37.3 Å². The van der Waals surface area contributed by atoms with E-state index in [2.05, 4.69) is 30.1 Å². The third-order valence-electron chi connectivity index (χ3n) is 8.63. The molecular weight excluding hydrogens is 614 g/mol. The van der Waals surface area contributed by atoms with Crippen LogP contribution in [0.4, 0.5) is 26.1 Å². The summed E-state index contributed by atoms with van der Waals surface area (Å²) >= 11 is 0. The number of aromatic nitrogens is 3. The van der Waals surface area contributed by atoms with Crippen molar-refractivity contribution in [2.75, 3.05) is 69.8 Å². The average molecular weight is 651 g/mol. The summed E-state index contributed by atoms with van der Waals surface area (Å²) in [5, 5.41) is 22.5. The van der Waals surface area contributed by atoms with Gasteiger partial charge in [0.05, 0.1) is 44.2 Å². The number of carbonyl (C=O) groups excluding carboxylic acids is 1. The largest absolute Gasteiger partial charge is 0.495 e. The number of carbonyl (C=O) groups is 1. The predicted molar refractivity (Wildman–Crippen MR) is 167 cm³/mol. The van der Waals surface area contributed by atoms with Crippen molar-refractivity contribution in [2.45, 2.75) is 37.5 Å². The zero-order valence-electron chi connectivity index (χ0n) is 26.1. The summed E-state index contributed by atoms with van der Waals surface area (Å²) in [6.07, 6.45) is -1.76. The summed E-state index contributed by atoms with van der Waals surface area (Å²) in [7, 11) is 1.63. The third-order valence-corrected chi connectivity index (χ3v) is 8.63. The molecule has 3 aliphatic heterocycles. The Balaban J connectivity index is 1.12. The first-order chi connectivity index (χ1) is 22.6. The van der Waals surface area contributed by atoms with Crippen molar-refractivity contribution in [3.63, 3.8) is 0 Å². The lowest BCUT2D eigenvalue weighted by atomic mass is 10.0. The Morgan fingerprint density at radius 3 is 2.57 bits per heavy atom. The molecule has 3 saturated heterocycles. The van der Waals surface area contributed by atoms with E-state index < -0.39 is 30.6 Å². The van der Waals surface area contributed by atoms with Gasteiger partial charge in [0.25, 0.3) is 5.91 Å². The van der Waals surface area contributed by atoms with Gasteiger partial charge in [-0.15, -0.1) is 0 Å². The van der Waals surface area contributed by atoms with E-state index in [1.165, 1.54) is 25.4 Å². The van der Waals surface area contributed by atoms with Crippen LogP contribution in [0, 0.1) is 11.3 Å². The Hall–Kier alpha value is -4.65. The maximum Gasteiger partial charge on any atom is 0.301 e. The maximum absolute atomic E-state index is 14.9. The van der Waals surface area contributed by atoms with Gasteiger partial charge in [-0.25, -0.2) is 18.7 Å². The summed E-state index contributed by atoms with van der Waals surface area (Å²) in [5.41, 5.74) is 2.19. The van der Waals surface area contributed by atoms with Crippen LogP contribution in [-0.2, 0) is 9.53 Å². The van der Waals surface area contributed by atoms with Crippen LogP contribution < -0.4 is 19.7 Å². The lowest BCUT2D eigenvalue weighted by Gasteiger charge is -2.43. The zero-order valence-corrected chi connectivity index (χ0v) is 26.1. The topological polar surface area (TPSA) is 149 Å². The number of aliphatic hydroxyl groups is 1. The highest BCUT2D eigenvalue weighted by Gasteiger charge is 2.48. The molecule has 4 heterocycles. The van der Waals surface area contributed by atoms with E-state index in [1.807, 2.05) is 24.3 Å². The number of aliphatic hydroxyl groups excluding tert-OH is 1.